The van der Waals surface area contributed by atoms with Crippen molar-refractivity contribution >= 4 is 17.6 Å². The van der Waals surface area contributed by atoms with Crippen molar-refractivity contribution < 1.29 is 14.3 Å². The van der Waals surface area contributed by atoms with E-state index in [4.69, 9.17) is 4.74 Å². The quantitative estimate of drug-likeness (QED) is 0.648. The molecule has 5 heteroatoms. The monoisotopic (exact) mass is 274 g/mol. The van der Waals surface area contributed by atoms with Gasteiger partial charge in [0.25, 0.3) is 5.91 Å². The minimum Gasteiger partial charge on any atom is -0.462 e. The van der Waals surface area contributed by atoms with Gasteiger partial charge in [-0.1, -0.05) is 6.07 Å². The maximum atomic E-state index is 12.0. The van der Waals surface area contributed by atoms with Gasteiger partial charge in [-0.15, -0.1) is 0 Å². The Labute approximate surface area is 118 Å². The van der Waals surface area contributed by atoms with E-state index in [1.807, 2.05) is 0 Å². The Morgan fingerprint density at radius 1 is 1.35 bits per heavy atom. The van der Waals surface area contributed by atoms with Gasteiger partial charge in [0.05, 0.1) is 12.2 Å². The number of nitrogens with one attached hydrogen (secondary N) is 2. The summed E-state index contributed by atoms with van der Waals surface area (Å²) in [5.74, 6) is -0.524. The van der Waals surface area contributed by atoms with Gasteiger partial charge >= 0.3 is 5.97 Å². The Balaban J connectivity index is 2.08. The molecular formula is C15H18N2O3. The maximum Gasteiger partial charge on any atom is 0.338 e. The minimum atomic E-state index is -0.387. The Morgan fingerprint density at radius 2 is 2.10 bits per heavy atom. The summed E-state index contributed by atoms with van der Waals surface area (Å²) in [5, 5.41) is 5.90. The lowest BCUT2D eigenvalue weighted by Crippen LogP contribution is -2.36. The number of ether oxygens (including phenoxy) is 1. The molecule has 2 N–H and O–H groups in total. The van der Waals surface area contributed by atoms with Crippen molar-refractivity contribution in [1.29, 1.82) is 0 Å². The molecule has 5 nitrogen and oxygen atoms in total. The molecule has 1 aromatic rings. The van der Waals surface area contributed by atoms with Crippen molar-refractivity contribution in [3.05, 3.63) is 41.0 Å². The normalized spacial score (nSPS) is 13.4. The summed E-state index contributed by atoms with van der Waals surface area (Å²) >= 11 is 0. The zero-order chi connectivity index (χ0) is 14.5. The number of rotatable bonds is 4. The van der Waals surface area contributed by atoms with Crippen molar-refractivity contribution in [1.82, 2.24) is 5.32 Å². The molecule has 1 aromatic carbocycles. The van der Waals surface area contributed by atoms with Crippen LogP contribution >= 0.6 is 0 Å². The van der Waals surface area contributed by atoms with Crippen LogP contribution in [-0.4, -0.2) is 31.6 Å². The summed E-state index contributed by atoms with van der Waals surface area (Å²) in [6.07, 6.45) is 0. The molecule has 1 fully saturated rings. The molecule has 2 rings (SSSR count). The standard InChI is InChI=1S/C15H18N2O3/c1-3-20-15(19)11-5-4-6-13(7-11)17-14(18)10(2)12-8-16-9-12/h4-7,16H,3,8-9H2,1-2H3,(H,17,18). The molecule has 0 bridgehead atoms. The SMILES string of the molecule is CCOC(=O)c1cccc(NC(=O)C(C)=C2CNC2)c1. The van der Waals surface area contributed by atoms with E-state index in [0.717, 1.165) is 24.2 Å². The molecule has 0 aromatic heterocycles. The van der Waals surface area contributed by atoms with Crippen molar-refractivity contribution in [2.75, 3.05) is 25.0 Å². The van der Waals surface area contributed by atoms with Gasteiger partial charge in [0.2, 0.25) is 0 Å². The van der Waals surface area contributed by atoms with Crippen LogP contribution < -0.4 is 10.6 Å². The average molecular weight is 274 g/mol. The van der Waals surface area contributed by atoms with Crippen molar-refractivity contribution in [2.24, 2.45) is 0 Å². The van der Waals surface area contributed by atoms with Gasteiger partial charge < -0.3 is 15.4 Å². The van der Waals surface area contributed by atoms with Crippen LogP contribution in [0.15, 0.2) is 35.4 Å². The summed E-state index contributed by atoms with van der Waals surface area (Å²) in [5.41, 5.74) is 2.86. The lowest BCUT2D eigenvalue weighted by molar-refractivity contribution is -0.112. The molecule has 1 saturated heterocycles. The number of anilines is 1. The van der Waals surface area contributed by atoms with Crippen LogP contribution in [-0.2, 0) is 9.53 Å². The smallest absolute Gasteiger partial charge is 0.338 e. The summed E-state index contributed by atoms with van der Waals surface area (Å²) < 4.78 is 4.93. The number of carbonyl (C=O) groups is 2. The predicted molar refractivity (Wildman–Crippen MR) is 76.6 cm³/mol. The summed E-state index contributed by atoms with van der Waals surface area (Å²) in [6.45, 7) is 5.42. The largest absolute Gasteiger partial charge is 0.462 e. The molecule has 0 aliphatic carbocycles. The van der Waals surface area contributed by atoms with Crippen LogP contribution in [0.25, 0.3) is 0 Å². The van der Waals surface area contributed by atoms with Gasteiger partial charge in [-0.2, -0.15) is 0 Å². The lowest BCUT2D eigenvalue weighted by Gasteiger charge is -2.21. The van der Waals surface area contributed by atoms with Crippen LogP contribution in [0.4, 0.5) is 5.69 Å². The second-order valence-corrected chi connectivity index (χ2v) is 4.59. The molecular weight excluding hydrogens is 256 g/mol. The molecule has 1 heterocycles. The fraction of sp³-hybridized carbons (Fsp3) is 0.333. The van der Waals surface area contributed by atoms with E-state index in [9.17, 15) is 9.59 Å². The van der Waals surface area contributed by atoms with Crippen LogP contribution in [0.1, 0.15) is 24.2 Å². The summed E-state index contributed by atoms with van der Waals surface area (Å²) in [7, 11) is 0. The van der Waals surface area contributed by atoms with E-state index < -0.39 is 0 Å². The van der Waals surface area contributed by atoms with Gasteiger partial charge in [-0.05, 0) is 37.6 Å². The first-order valence-corrected chi connectivity index (χ1v) is 6.59. The van der Waals surface area contributed by atoms with Gasteiger partial charge in [0.15, 0.2) is 0 Å². The van der Waals surface area contributed by atoms with Crippen molar-refractivity contribution in [3.63, 3.8) is 0 Å². The Hall–Kier alpha value is -2.14. The Kier molecular flexibility index (Phi) is 4.53. The highest BCUT2D eigenvalue weighted by Gasteiger charge is 2.16. The first-order valence-electron chi connectivity index (χ1n) is 6.59. The second-order valence-electron chi connectivity index (χ2n) is 4.59. The predicted octanol–water partition coefficient (Wildman–Crippen LogP) is 1.72. The highest BCUT2D eigenvalue weighted by atomic mass is 16.5. The highest BCUT2D eigenvalue weighted by Crippen LogP contribution is 2.15. The maximum absolute atomic E-state index is 12.0. The third-order valence-electron chi connectivity index (χ3n) is 3.18. The first-order chi connectivity index (χ1) is 9.61. The number of carbonyl (C=O) groups excluding carboxylic acids is 2. The molecule has 0 atom stereocenters. The lowest BCUT2D eigenvalue weighted by atomic mass is 10.0. The molecule has 0 radical (unpaired) electrons. The Bertz CT molecular complexity index is 558. The van der Waals surface area contributed by atoms with Gasteiger partial charge in [0.1, 0.15) is 0 Å². The molecule has 0 spiro atoms. The first kappa shape index (κ1) is 14.3. The molecule has 1 aliphatic heterocycles. The highest BCUT2D eigenvalue weighted by molar-refractivity contribution is 6.04. The van der Waals surface area contributed by atoms with E-state index in [1.54, 1.807) is 38.1 Å². The topological polar surface area (TPSA) is 67.4 Å². The zero-order valence-corrected chi connectivity index (χ0v) is 11.7. The van der Waals surface area contributed by atoms with Gasteiger partial charge in [0, 0.05) is 24.4 Å². The Morgan fingerprint density at radius 3 is 2.70 bits per heavy atom. The molecule has 0 saturated carbocycles. The summed E-state index contributed by atoms with van der Waals surface area (Å²) in [6, 6.07) is 6.74. The third kappa shape index (κ3) is 3.24. The van der Waals surface area contributed by atoms with Crippen LogP contribution in [0.2, 0.25) is 0 Å². The fourth-order valence-corrected chi connectivity index (χ4v) is 1.84. The van der Waals surface area contributed by atoms with Crippen LogP contribution in [0.3, 0.4) is 0 Å². The second kappa shape index (κ2) is 6.34. The van der Waals surface area contributed by atoms with Gasteiger partial charge in [-0.25, -0.2) is 4.79 Å². The van der Waals surface area contributed by atoms with Crippen LogP contribution in [0, 0.1) is 0 Å². The number of hydrogen-bond donors (Lipinski definition) is 2. The fourth-order valence-electron chi connectivity index (χ4n) is 1.84. The van der Waals surface area contributed by atoms with Gasteiger partial charge in [-0.3, -0.25) is 4.79 Å². The van der Waals surface area contributed by atoms with Crippen molar-refractivity contribution in [3.8, 4) is 0 Å². The molecule has 1 amide bonds. The van der Waals surface area contributed by atoms with E-state index in [2.05, 4.69) is 10.6 Å². The number of hydrogen-bond acceptors (Lipinski definition) is 4. The molecule has 0 unspecified atom stereocenters. The van der Waals surface area contributed by atoms with Crippen LogP contribution in [0.5, 0.6) is 0 Å². The van der Waals surface area contributed by atoms with E-state index in [-0.39, 0.29) is 11.9 Å². The molecule has 106 valence electrons. The zero-order valence-electron chi connectivity index (χ0n) is 11.7. The van der Waals surface area contributed by atoms with E-state index >= 15 is 0 Å². The third-order valence-corrected chi connectivity index (χ3v) is 3.18. The van der Waals surface area contributed by atoms with E-state index in [0.29, 0.717) is 17.9 Å². The number of benzene rings is 1. The number of amides is 1. The summed E-state index contributed by atoms with van der Waals surface area (Å²) in [4.78, 5) is 23.7. The average Bonchev–Trinajstić information content (AvgIpc) is 2.37. The minimum absolute atomic E-state index is 0.137. The van der Waals surface area contributed by atoms with Crippen molar-refractivity contribution in [2.45, 2.75) is 13.8 Å². The molecule has 1 aliphatic rings. The molecule has 20 heavy (non-hydrogen) atoms. The number of esters is 1. The van der Waals surface area contributed by atoms with E-state index in [1.165, 1.54) is 0 Å².